The molecule has 17 heteroatoms. The maximum Gasteiger partial charge on any atom is 0.407 e. The number of ether oxygens (including phenoxy) is 1. The molecule has 0 saturated heterocycles. The highest BCUT2D eigenvalue weighted by atomic mass is 33.1. The number of hydrogen-bond acceptors (Lipinski definition) is 10. The van der Waals surface area contributed by atoms with E-state index in [2.05, 4.69) is 50.0 Å². The van der Waals surface area contributed by atoms with Crippen LogP contribution in [0.1, 0.15) is 89.0 Å². The molecule has 0 radical (unpaired) electrons. The summed E-state index contributed by atoms with van der Waals surface area (Å²) in [7, 11) is 3.09. The van der Waals surface area contributed by atoms with Crippen LogP contribution in [0.25, 0.3) is 0 Å². The van der Waals surface area contributed by atoms with Crippen LogP contribution in [0.5, 0.6) is 0 Å². The molecule has 0 aliphatic carbocycles. The van der Waals surface area contributed by atoms with Gasteiger partial charge in [0.1, 0.15) is 23.7 Å². The van der Waals surface area contributed by atoms with Crippen molar-refractivity contribution < 1.29 is 33.5 Å². The van der Waals surface area contributed by atoms with E-state index in [1.54, 1.807) is 41.3 Å². The molecule has 1 aromatic carbocycles. The highest BCUT2D eigenvalue weighted by Gasteiger charge is 2.25. The quantitative estimate of drug-likeness (QED) is 0.0271. The third-order valence-corrected chi connectivity index (χ3v) is 10.7. The van der Waals surface area contributed by atoms with E-state index in [9.17, 15) is 28.8 Å². The van der Waals surface area contributed by atoms with Crippen molar-refractivity contribution in [3.05, 3.63) is 79.5 Å². The number of anilines is 1. The standard InChI is InChI=1S/C41H60N8O7S2/c1-3-5-6-7-10-14-25-43-35(50)18-11-8-9-12-19-36(51)48-33(4-2)38(52)49-34(17-16-27-45-40(42)54)39(53)47-32-23-21-31(22-24-32)30-56-41(55)46-28-29-57-58-37-20-13-15-26-44-37/h3-4,13,15,20-24,26,33-34H,1-2,5-12,14,16-19,25,27-30H2,(H,43,50)(H,46,55)(H,47,53)(H,48,51)(H,49,52)(H3,42,45,54)/t33-,34-/m0/s1. The number of carbonyl (C=O) groups excluding carboxylic acids is 6. The summed E-state index contributed by atoms with van der Waals surface area (Å²) in [6.45, 7) is 8.71. The van der Waals surface area contributed by atoms with Gasteiger partial charge in [0.2, 0.25) is 23.6 Å². The number of unbranched alkanes of at least 4 members (excludes halogenated alkanes) is 7. The summed E-state index contributed by atoms with van der Waals surface area (Å²) in [6.07, 6.45) is 13.7. The number of nitrogens with one attached hydrogen (secondary N) is 6. The van der Waals surface area contributed by atoms with E-state index >= 15 is 0 Å². The van der Waals surface area contributed by atoms with Crippen molar-refractivity contribution in [3.8, 4) is 0 Å². The van der Waals surface area contributed by atoms with E-state index in [0.717, 1.165) is 56.4 Å². The lowest BCUT2D eigenvalue weighted by molar-refractivity contribution is -0.130. The molecular weight excluding hydrogens is 781 g/mol. The van der Waals surface area contributed by atoms with E-state index in [1.165, 1.54) is 16.9 Å². The molecule has 0 unspecified atom stereocenters. The Balaban J connectivity index is 1.75. The zero-order valence-electron chi connectivity index (χ0n) is 33.3. The lowest BCUT2D eigenvalue weighted by Gasteiger charge is -2.22. The summed E-state index contributed by atoms with van der Waals surface area (Å²) >= 11 is 0. The second-order valence-electron chi connectivity index (χ2n) is 13.3. The van der Waals surface area contributed by atoms with Crippen LogP contribution in [0.3, 0.4) is 0 Å². The van der Waals surface area contributed by atoms with Crippen LogP contribution in [0.2, 0.25) is 0 Å². The third-order valence-electron chi connectivity index (χ3n) is 8.48. The molecule has 318 valence electrons. The fourth-order valence-electron chi connectivity index (χ4n) is 5.34. The summed E-state index contributed by atoms with van der Waals surface area (Å²) in [5.41, 5.74) is 6.29. The molecule has 15 nitrogen and oxygen atoms in total. The van der Waals surface area contributed by atoms with Crippen molar-refractivity contribution >= 4 is 63.0 Å². The van der Waals surface area contributed by atoms with Crippen molar-refractivity contribution in [1.29, 1.82) is 0 Å². The number of allylic oxidation sites excluding steroid dienone is 1. The SMILES string of the molecule is C=CCCCCCCNC(=O)CCCCCCC(=O)N[C@@H](C=C)C(=O)N[C@@H](CCCNC(N)=O)C(=O)Nc1ccc(COC(=O)NCCSSc2ccccn2)cc1. The Hall–Kier alpha value is -5.03. The van der Waals surface area contributed by atoms with Gasteiger partial charge < -0.3 is 42.4 Å². The molecule has 0 spiro atoms. The van der Waals surface area contributed by atoms with Crippen molar-refractivity contribution in [3.63, 3.8) is 0 Å². The molecule has 0 aliphatic rings. The van der Waals surface area contributed by atoms with Gasteiger partial charge in [0.05, 0.1) is 0 Å². The molecule has 1 aromatic heterocycles. The predicted molar refractivity (Wildman–Crippen MR) is 231 cm³/mol. The molecule has 7 amide bonds. The molecule has 2 rings (SSSR count). The number of rotatable bonds is 31. The van der Waals surface area contributed by atoms with Crippen LogP contribution in [0.15, 0.2) is 79.0 Å². The third kappa shape index (κ3) is 23.9. The van der Waals surface area contributed by atoms with E-state index in [1.807, 2.05) is 24.3 Å². The summed E-state index contributed by atoms with van der Waals surface area (Å²) in [5.74, 6) is -0.769. The van der Waals surface area contributed by atoms with Crippen LogP contribution in [-0.4, -0.2) is 78.2 Å². The van der Waals surface area contributed by atoms with Gasteiger partial charge in [-0.3, -0.25) is 19.2 Å². The zero-order valence-corrected chi connectivity index (χ0v) is 34.9. The largest absolute Gasteiger partial charge is 0.445 e. The van der Waals surface area contributed by atoms with Crippen molar-refractivity contribution in [2.75, 3.05) is 30.7 Å². The highest BCUT2D eigenvalue weighted by molar-refractivity contribution is 8.76. The Kier molecular flexibility index (Phi) is 26.3. The smallest absolute Gasteiger partial charge is 0.407 e. The maximum absolute atomic E-state index is 13.4. The number of nitrogens with two attached hydrogens (primary N) is 1. The zero-order chi connectivity index (χ0) is 42.2. The fraction of sp³-hybridized carbons (Fsp3) is 0.488. The first-order chi connectivity index (χ1) is 28.1. The average molecular weight is 841 g/mol. The monoisotopic (exact) mass is 840 g/mol. The maximum atomic E-state index is 13.4. The van der Waals surface area contributed by atoms with Crippen LogP contribution in [0.4, 0.5) is 15.3 Å². The van der Waals surface area contributed by atoms with Crippen LogP contribution < -0.4 is 37.6 Å². The summed E-state index contributed by atoms with van der Waals surface area (Å²) in [5, 5.41) is 17.1. The summed E-state index contributed by atoms with van der Waals surface area (Å²) < 4.78 is 5.29. The molecule has 8 N–H and O–H groups in total. The topological polar surface area (TPSA) is 223 Å². The molecule has 2 aromatic rings. The van der Waals surface area contributed by atoms with E-state index in [0.29, 0.717) is 49.4 Å². The van der Waals surface area contributed by atoms with Crippen molar-refractivity contribution in [2.45, 2.75) is 107 Å². The lowest BCUT2D eigenvalue weighted by Crippen LogP contribution is -2.52. The first kappa shape index (κ1) is 49.1. The molecule has 1 heterocycles. The molecule has 0 bridgehead atoms. The number of alkyl carbamates (subject to hydrolysis) is 1. The second-order valence-corrected chi connectivity index (χ2v) is 15.7. The lowest BCUT2D eigenvalue weighted by atomic mass is 10.1. The molecule has 58 heavy (non-hydrogen) atoms. The first-order valence-corrected chi connectivity index (χ1v) is 22.1. The molecule has 0 aliphatic heterocycles. The number of urea groups is 1. The molecule has 0 saturated carbocycles. The average Bonchev–Trinajstić information content (AvgIpc) is 3.21. The van der Waals surface area contributed by atoms with Gasteiger partial charge in [-0.15, -0.1) is 13.2 Å². The number of amides is 7. The van der Waals surface area contributed by atoms with Crippen molar-refractivity contribution in [2.24, 2.45) is 5.73 Å². The van der Waals surface area contributed by atoms with Crippen LogP contribution >= 0.6 is 21.6 Å². The Morgan fingerprint density at radius 3 is 2.16 bits per heavy atom. The Morgan fingerprint density at radius 2 is 1.47 bits per heavy atom. The number of primary amides is 1. The van der Waals surface area contributed by atoms with Gasteiger partial charge in [0.15, 0.2) is 0 Å². The summed E-state index contributed by atoms with van der Waals surface area (Å²) in [6, 6.07) is 9.54. The number of hydrogen-bond donors (Lipinski definition) is 7. The minimum atomic E-state index is -1.09. The summed E-state index contributed by atoms with van der Waals surface area (Å²) in [4.78, 5) is 78.8. The number of nitrogens with zero attached hydrogens (tertiary/aromatic N) is 1. The van der Waals surface area contributed by atoms with E-state index in [4.69, 9.17) is 10.5 Å². The van der Waals surface area contributed by atoms with Gasteiger partial charge >= 0.3 is 12.1 Å². The predicted octanol–water partition coefficient (Wildman–Crippen LogP) is 5.88. The molecule has 0 fully saturated rings. The molecular formula is C41H60N8O7S2. The van der Waals surface area contributed by atoms with E-state index in [-0.39, 0.29) is 37.8 Å². The minimum absolute atomic E-state index is 0.0202. The molecule has 2 atom stereocenters. The van der Waals surface area contributed by atoms with Crippen LogP contribution in [-0.2, 0) is 30.5 Å². The van der Waals surface area contributed by atoms with Gasteiger partial charge in [-0.05, 0) is 85.6 Å². The number of benzene rings is 1. The van der Waals surface area contributed by atoms with Crippen LogP contribution in [0, 0.1) is 0 Å². The van der Waals surface area contributed by atoms with Gasteiger partial charge in [-0.25, -0.2) is 14.6 Å². The van der Waals surface area contributed by atoms with Crippen molar-refractivity contribution in [1.82, 2.24) is 31.6 Å². The Labute approximate surface area is 350 Å². The highest BCUT2D eigenvalue weighted by Crippen LogP contribution is 2.28. The van der Waals surface area contributed by atoms with Gasteiger partial charge in [-0.1, -0.05) is 66.8 Å². The number of carbonyl (C=O) groups is 6. The minimum Gasteiger partial charge on any atom is -0.445 e. The van der Waals surface area contributed by atoms with E-state index < -0.39 is 36.0 Å². The number of pyridine rings is 1. The van der Waals surface area contributed by atoms with Gasteiger partial charge in [0.25, 0.3) is 0 Å². The van der Waals surface area contributed by atoms with Gasteiger partial charge in [0, 0.05) is 50.1 Å². The second kappa shape index (κ2) is 31.0. The fourth-order valence-corrected chi connectivity index (χ4v) is 7.13. The number of aromatic nitrogens is 1. The van der Waals surface area contributed by atoms with Gasteiger partial charge in [-0.2, -0.15) is 0 Å². The Morgan fingerprint density at radius 1 is 0.759 bits per heavy atom. The first-order valence-electron chi connectivity index (χ1n) is 19.7. The Bertz CT molecular complexity index is 1570. The normalized spacial score (nSPS) is 11.6.